The molecule has 6 nitrogen and oxygen atoms in total. The summed E-state index contributed by atoms with van der Waals surface area (Å²) in [6.45, 7) is 3.34. The van der Waals surface area contributed by atoms with Crippen LogP contribution in [0, 0.1) is 13.8 Å². The lowest BCUT2D eigenvalue weighted by Crippen LogP contribution is -2.25. The third-order valence-corrected chi connectivity index (χ3v) is 5.61. The first-order valence-electron chi connectivity index (χ1n) is 7.48. The topological polar surface area (TPSA) is 89.3 Å². The van der Waals surface area contributed by atoms with Gasteiger partial charge in [0.1, 0.15) is 0 Å². The first kappa shape index (κ1) is 18.0. The number of rotatable bonds is 4. The van der Waals surface area contributed by atoms with Gasteiger partial charge in [0.15, 0.2) is 0 Å². The molecule has 0 aliphatic rings. The van der Waals surface area contributed by atoms with Crippen LogP contribution in [0.3, 0.4) is 0 Å². The van der Waals surface area contributed by atoms with Crippen molar-refractivity contribution in [3.63, 3.8) is 0 Å². The molecule has 136 valence electrons. The zero-order valence-electron chi connectivity index (χ0n) is 13.8. The lowest BCUT2D eigenvalue weighted by Gasteiger charge is -2.12. The second-order valence-electron chi connectivity index (χ2n) is 5.86. The zero-order chi connectivity index (χ0) is 19.3. The summed E-state index contributed by atoms with van der Waals surface area (Å²) in [6, 6.07) is 9.03. The van der Waals surface area contributed by atoms with Crippen LogP contribution < -0.4 is 0 Å². The van der Waals surface area contributed by atoms with E-state index in [4.69, 9.17) is 5.11 Å². The van der Waals surface area contributed by atoms with Crippen LogP contribution in [0.15, 0.2) is 47.4 Å². The molecular formula is C17H14F2N2O4S. The number of benzene rings is 2. The Hall–Kier alpha value is -2.81. The second-order valence-corrected chi connectivity index (χ2v) is 7.63. The third-order valence-electron chi connectivity index (χ3n) is 4.01. The number of hydrogen-bond donors (Lipinski definition) is 1. The predicted molar refractivity (Wildman–Crippen MR) is 89.8 cm³/mol. The van der Waals surface area contributed by atoms with E-state index in [1.54, 1.807) is 26.0 Å². The predicted octanol–water partition coefficient (Wildman–Crippen LogP) is 3.07. The van der Waals surface area contributed by atoms with Crippen LogP contribution in [-0.2, 0) is 20.7 Å². The highest BCUT2D eigenvalue weighted by atomic mass is 32.2. The van der Waals surface area contributed by atoms with E-state index < -0.39 is 27.5 Å². The van der Waals surface area contributed by atoms with E-state index in [2.05, 4.69) is 5.10 Å². The van der Waals surface area contributed by atoms with Crippen LogP contribution >= 0.6 is 0 Å². The number of alkyl halides is 2. The average Bonchev–Trinajstić information content (AvgIpc) is 2.92. The molecule has 3 aromatic rings. The largest absolute Gasteiger partial charge is 0.477 e. The van der Waals surface area contributed by atoms with Gasteiger partial charge >= 0.3 is 11.9 Å². The van der Waals surface area contributed by atoms with Crippen molar-refractivity contribution in [1.29, 1.82) is 0 Å². The maximum atomic E-state index is 13.8. The Morgan fingerprint density at radius 3 is 2.31 bits per heavy atom. The first-order valence-corrected chi connectivity index (χ1v) is 8.92. The van der Waals surface area contributed by atoms with E-state index in [9.17, 15) is 22.0 Å². The Balaban J connectivity index is 2.26. The van der Waals surface area contributed by atoms with Gasteiger partial charge in [-0.2, -0.15) is 26.4 Å². The van der Waals surface area contributed by atoms with Gasteiger partial charge in [0.05, 0.1) is 16.1 Å². The van der Waals surface area contributed by atoms with Crippen molar-refractivity contribution in [2.45, 2.75) is 24.7 Å². The highest BCUT2D eigenvalue weighted by Crippen LogP contribution is 2.32. The average molecular weight is 380 g/mol. The number of carbonyl (C=O) groups is 1. The Morgan fingerprint density at radius 1 is 1.12 bits per heavy atom. The number of carboxylic acid groups (broad SMARTS) is 1. The summed E-state index contributed by atoms with van der Waals surface area (Å²) in [5.74, 6) is -6.47. The van der Waals surface area contributed by atoms with Crippen molar-refractivity contribution in [2.75, 3.05) is 0 Å². The van der Waals surface area contributed by atoms with Crippen LogP contribution in [0.2, 0.25) is 0 Å². The van der Waals surface area contributed by atoms with Gasteiger partial charge < -0.3 is 5.11 Å². The molecule has 0 radical (unpaired) electrons. The third kappa shape index (κ3) is 2.74. The molecule has 0 saturated carbocycles. The first-order chi connectivity index (χ1) is 12.0. The molecule has 0 saturated heterocycles. The SMILES string of the molecule is Cc1ccc(S(=O)(=O)n2nc(C)c3ccc(C(F)(F)C(=O)O)cc32)cc1. The Labute approximate surface area is 147 Å². The second kappa shape index (κ2) is 5.87. The van der Waals surface area contributed by atoms with Gasteiger partial charge in [-0.3, -0.25) is 0 Å². The monoisotopic (exact) mass is 380 g/mol. The molecule has 0 bridgehead atoms. The number of nitrogens with zero attached hydrogens (tertiary/aromatic N) is 2. The summed E-state index contributed by atoms with van der Waals surface area (Å²) in [5, 5.41) is 13.0. The van der Waals surface area contributed by atoms with E-state index in [0.717, 1.165) is 17.7 Å². The number of fused-ring (bicyclic) bond motifs is 1. The van der Waals surface area contributed by atoms with Crippen molar-refractivity contribution < 1.29 is 27.1 Å². The fourth-order valence-electron chi connectivity index (χ4n) is 2.55. The van der Waals surface area contributed by atoms with Gasteiger partial charge in [0.25, 0.3) is 10.0 Å². The minimum Gasteiger partial charge on any atom is -0.477 e. The van der Waals surface area contributed by atoms with Crippen molar-refractivity contribution in [3.8, 4) is 0 Å². The molecule has 0 spiro atoms. The molecule has 0 aliphatic carbocycles. The summed E-state index contributed by atoms with van der Waals surface area (Å²) in [5.41, 5.74) is 0.244. The molecule has 9 heteroatoms. The molecule has 0 amide bonds. The fraction of sp³-hybridized carbons (Fsp3) is 0.176. The molecular weight excluding hydrogens is 366 g/mol. The summed E-state index contributed by atoms with van der Waals surface area (Å²) in [4.78, 5) is 10.8. The van der Waals surface area contributed by atoms with E-state index in [1.807, 2.05) is 0 Å². The summed E-state index contributed by atoms with van der Waals surface area (Å²) < 4.78 is 54.0. The van der Waals surface area contributed by atoms with Crippen LogP contribution in [0.5, 0.6) is 0 Å². The number of carboxylic acids is 1. The van der Waals surface area contributed by atoms with E-state index in [0.29, 0.717) is 15.2 Å². The zero-order valence-corrected chi connectivity index (χ0v) is 14.6. The van der Waals surface area contributed by atoms with Crippen molar-refractivity contribution >= 4 is 26.9 Å². The lowest BCUT2D eigenvalue weighted by molar-refractivity contribution is -0.166. The van der Waals surface area contributed by atoms with Crippen LogP contribution in [0.25, 0.3) is 10.9 Å². The van der Waals surface area contributed by atoms with E-state index >= 15 is 0 Å². The van der Waals surface area contributed by atoms with Crippen molar-refractivity contribution in [1.82, 2.24) is 9.19 Å². The molecule has 2 aromatic carbocycles. The quantitative estimate of drug-likeness (QED) is 0.751. The van der Waals surface area contributed by atoms with Gasteiger partial charge in [-0.15, -0.1) is 0 Å². The molecule has 0 unspecified atom stereocenters. The maximum absolute atomic E-state index is 13.8. The van der Waals surface area contributed by atoms with Crippen LogP contribution in [0.4, 0.5) is 8.78 Å². The van der Waals surface area contributed by atoms with E-state index in [-0.39, 0.29) is 10.4 Å². The number of hydrogen-bond acceptors (Lipinski definition) is 4. The summed E-state index contributed by atoms with van der Waals surface area (Å²) in [6.07, 6.45) is 0. The standard InChI is InChI=1S/C17H14F2N2O4S/c1-10-3-6-13(7-4-10)26(24,25)21-15-9-12(17(18,19)16(22)23)5-8-14(15)11(2)20-21/h3-9H,1-2H3,(H,22,23). The lowest BCUT2D eigenvalue weighted by atomic mass is 10.1. The fourth-order valence-corrected chi connectivity index (χ4v) is 3.87. The van der Waals surface area contributed by atoms with Gasteiger partial charge in [-0.25, -0.2) is 4.79 Å². The molecule has 1 N–H and O–H groups in total. The molecule has 0 fully saturated rings. The van der Waals surface area contributed by atoms with Crippen LogP contribution in [-0.4, -0.2) is 28.7 Å². The Kier molecular flexibility index (Phi) is 4.06. The van der Waals surface area contributed by atoms with Gasteiger partial charge in [0.2, 0.25) is 0 Å². The summed E-state index contributed by atoms with van der Waals surface area (Å²) >= 11 is 0. The highest BCUT2D eigenvalue weighted by Gasteiger charge is 2.41. The molecule has 3 rings (SSSR count). The van der Waals surface area contributed by atoms with Crippen molar-refractivity contribution in [2.24, 2.45) is 0 Å². The molecule has 1 heterocycles. The van der Waals surface area contributed by atoms with E-state index in [1.165, 1.54) is 18.2 Å². The molecule has 1 aromatic heterocycles. The molecule has 0 atom stereocenters. The number of aromatic nitrogens is 2. The Morgan fingerprint density at radius 2 is 1.73 bits per heavy atom. The molecule has 26 heavy (non-hydrogen) atoms. The number of halogens is 2. The van der Waals surface area contributed by atoms with Crippen molar-refractivity contribution in [3.05, 3.63) is 59.3 Å². The normalized spacial score (nSPS) is 12.5. The van der Waals surface area contributed by atoms with Crippen LogP contribution in [0.1, 0.15) is 16.8 Å². The number of aryl methyl sites for hydroxylation is 2. The minimum atomic E-state index is -4.15. The smallest absolute Gasteiger partial charge is 0.379 e. The number of aliphatic carboxylic acids is 1. The van der Waals surface area contributed by atoms with Gasteiger partial charge in [-0.05, 0) is 32.0 Å². The van der Waals surface area contributed by atoms with Gasteiger partial charge in [-0.1, -0.05) is 29.8 Å². The summed E-state index contributed by atoms with van der Waals surface area (Å²) in [7, 11) is -4.13. The minimum absolute atomic E-state index is 0.0529. The molecule has 0 aliphatic heterocycles. The Bertz CT molecular complexity index is 1120. The maximum Gasteiger partial charge on any atom is 0.379 e. The van der Waals surface area contributed by atoms with Gasteiger partial charge in [0, 0.05) is 10.9 Å². The highest BCUT2D eigenvalue weighted by molar-refractivity contribution is 7.90.